The summed E-state index contributed by atoms with van der Waals surface area (Å²) in [6.45, 7) is 11.2. The van der Waals surface area contributed by atoms with E-state index in [1.54, 1.807) is 25.1 Å². The molecular weight excluding hydrogens is 1440 g/mol. The zero-order valence-corrected chi connectivity index (χ0v) is 62.0. The van der Waals surface area contributed by atoms with Gasteiger partial charge in [-0.1, -0.05) is 61.0 Å². The highest BCUT2D eigenvalue weighted by Crippen LogP contribution is 2.40. The van der Waals surface area contributed by atoms with E-state index in [0.717, 1.165) is 111 Å². The molecule has 12 aromatic rings. The van der Waals surface area contributed by atoms with Crippen LogP contribution >= 0.6 is 0 Å². The highest BCUT2D eigenvalue weighted by atomic mass is 19.1. The standard InChI is InChI=1S/C20H22FN7.C19H20FN7O2.C19H22FN7O.C19H20FN7/c21-15-8-6-14(7-9-15)17-5-2-10-28(17)20-23-12-22-19(25-20)24-18-11-16(26-27-18)13-3-1-4-13;1-2-29-17(28)14-10-16(26-25-14)23-18-21-11-22-19(24-18)27-9-3-4-15(27)12-5-7-13(20)8-6-12;1-12(2)28-17-10-16(25-26-17)23-18-21-11-22-19(24-18)27-9-3-4-15(27)13-5-7-14(20)8-6-13;1-2-4-15-11-17(26-25-15)23-18-21-12-22-19(24-18)27-10-3-5-16(27)13-6-8-14(20)9-7-13/h6-9,11-13,17H,1-5,10H2,(H2,22,23,24,25,26,27);5-8,10-11,15H,2-4,9H2,1H3,(H2,21,22,23,24,25,26);5-8,10-12,15H,3-4,9H2,1-2H3,(H2,21,22,23,24,25,26);2,4,6-9,11-12,16H,3,5,10H2,1H3,(H2,21,22,23,24,25,26)/b;;;4-2+. The minimum absolute atomic E-state index is 0.0403. The topological polar surface area (TPSA) is 366 Å². The van der Waals surface area contributed by atoms with Gasteiger partial charge in [0.05, 0.1) is 42.6 Å². The number of H-pyrrole nitrogens is 4. The Labute approximate surface area is 641 Å². The first kappa shape index (κ1) is 75.7. The molecule has 0 amide bonds. The van der Waals surface area contributed by atoms with E-state index in [1.807, 2.05) is 81.5 Å². The van der Waals surface area contributed by atoms with Crippen molar-refractivity contribution in [1.82, 2.24) is 101 Å². The van der Waals surface area contributed by atoms with E-state index in [1.165, 1.54) is 105 Å². The molecule has 0 radical (unpaired) electrons. The largest absolute Gasteiger partial charge is 0.474 e. The number of anilines is 12. The van der Waals surface area contributed by atoms with Crippen LogP contribution in [0.25, 0.3) is 6.08 Å². The van der Waals surface area contributed by atoms with E-state index in [4.69, 9.17) is 9.47 Å². The van der Waals surface area contributed by atoms with E-state index in [0.29, 0.717) is 76.8 Å². The molecule has 4 atom stereocenters. The molecule has 31 nitrogen and oxygen atoms in total. The smallest absolute Gasteiger partial charge is 0.356 e. The SMILES string of the molecule is C/C=C/c1cc(Nc2ncnc(N3CCCC3c3ccc(F)cc3)n2)n[nH]1.CC(C)Oc1cc(Nc2ncnc(N3CCCC3c3ccc(F)cc3)n2)[nH]n1.CCOC(=O)c1cc(Nc2ncnc(N3CCCC3c3ccc(F)cc3)n2)n[nH]1.Fc1ccc(C2CCCN2c2ncnc(Nc3cc(C4CCC4)[nH]n3)n2)cc1. The number of nitrogens with zero attached hydrogens (tertiary/aromatic N) is 20. The van der Waals surface area contributed by atoms with Crippen LogP contribution in [0.5, 0.6) is 5.88 Å². The molecule has 0 spiro atoms. The average Bonchev–Trinajstić information content (AvgIpc) is 1.63. The number of hydrogen-bond donors (Lipinski definition) is 8. The zero-order valence-electron chi connectivity index (χ0n) is 62.0. The fourth-order valence-corrected chi connectivity index (χ4v) is 13.9. The average molecular weight is 1530 g/mol. The lowest BCUT2D eigenvalue weighted by atomic mass is 9.83. The summed E-state index contributed by atoms with van der Waals surface area (Å²) < 4.78 is 63.5. The molecule has 5 aliphatic rings. The summed E-state index contributed by atoms with van der Waals surface area (Å²) >= 11 is 0. The number of nitrogens with one attached hydrogen (secondary N) is 8. The summed E-state index contributed by atoms with van der Waals surface area (Å²) in [6, 6.07) is 34.1. The quantitative estimate of drug-likeness (QED) is 0.0231. The number of hydrogen-bond acceptors (Lipinski definition) is 27. The Morgan fingerprint density at radius 3 is 1.23 bits per heavy atom. The van der Waals surface area contributed by atoms with Crippen LogP contribution in [0.15, 0.2) is 153 Å². The molecule has 578 valence electrons. The number of aromatic amines is 4. The molecule has 4 saturated heterocycles. The van der Waals surface area contributed by atoms with Crippen molar-refractivity contribution < 1.29 is 31.8 Å². The molecule has 1 aliphatic carbocycles. The number of carbonyl (C=O) groups excluding carboxylic acids is 1. The van der Waals surface area contributed by atoms with Crippen molar-refractivity contribution in [3.63, 3.8) is 0 Å². The number of benzene rings is 4. The monoisotopic (exact) mass is 1520 g/mol. The highest BCUT2D eigenvalue weighted by Gasteiger charge is 2.33. The molecule has 0 bridgehead atoms. The fourth-order valence-electron chi connectivity index (χ4n) is 13.9. The van der Waals surface area contributed by atoms with Crippen molar-refractivity contribution in [2.45, 2.75) is 135 Å². The van der Waals surface area contributed by atoms with Crippen molar-refractivity contribution in [2.24, 2.45) is 0 Å². The predicted octanol–water partition coefficient (Wildman–Crippen LogP) is 14.5. The highest BCUT2D eigenvalue weighted by molar-refractivity contribution is 5.88. The van der Waals surface area contributed by atoms with Gasteiger partial charge in [0.25, 0.3) is 0 Å². The van der Waals surface area contributed by atoms with Gasteiger partial charge in [-0.15, -0.1) is 5.10 Å². The lowest BCUT2D eigenvalue weighted by molar-refractivity contribution is 0.0519. The predicted molar refractivity (Wildman–Crippen MR) is 413 cm³/mol. The van der Waals surface area contributed by atoms with E-state index in [9.17, 15) is 22.4 Å². The number of aromatic nitrogens is 20. The van der Waals surface area contributed by atoms with Crippen molar-refractivity contribution >= 4 is 82.9 Å². The number of allylic oxidation sites excluding steroid dienone is 1. The third-order valence-corrected chi connectivity index (χ3v) is 19.3. The van der Waals surface area contributed by atoms with E-state index in [-0.39, 0.29) is 65.8 Å². The summed E-state index contributed by atoms with van der Waals surface area (Å²) in [5, 5.41) is 40.4. The van der Waals surface area contributed by atoms with Crippen LogP contribution in [0.3, 0.4) is 0 Å². The van der Waals surface area contributed by atoms with E-state index < -0.39 is 5.97 Å². The molecule has 4 aromatic carbocycles. The Morgan fingerprint density at radius 2 is 0.848 bits per heavy atom. The van der Waals surface area contributed by atoms with Crippen LogP contribution < -0.4 is 45.6 Å². The Hall–Kier alpha value is -13.1. The van der Waals surface area contributed by atoms with Gasteiger partial charge in [0.1, 0.15) is 60.1 Å². The van der Waals surface area contributed by atoms with Gasteiger partial charge < -0.3 is 50.3 Å². The van der Waals surface area contributed by atoms with Crippen molar-refractivity contribution in [3.8, 4) is 5.88 Å². The number of rotatable bonds is 22. The van der Waals surface area contributed by atoms with E-state index >= 15 is 0 Å². The van der Waals surface area contributed by atoms with Gasteiger partial charge in [-0.2, -0.15) is 35.2 Å². The molecule has 112 heavy (non-hydrogen) atoms. The maximum atomic E-state index is 13.3. The normalized spacial score (nSPS) is 17.3. The van der Waals surface area contributed by atoms with Crippen LogP contribution in [0.2, 0.25) is 0 Å². The first-order chi connectivity index (χ1) is 54.7. The molecule has 12 heterocycles. The van der Waals surface area contributed by atoms with Gasteiger partial charge in [0, 0.05) is 62.1 Å². The van der Waals surface area contributed by atoms with Crippen LogP contribution in [0.1, 0.15) is 173 Å². The number of carbonyl (C=O) groups is 1. The molecule has 5 fully saturated rings. The molecule has 17 rings (SSSR count). The second-order valence-corrected chi connectivity index (χ2v) is 27.3. The van der Waals surface area contributed by atoms with Gasteiger partial charge in [-0.3, -0.25) is 20.4 Å². The molecule has 35 heteroatoms. The van der Waals surface area contributed by atoms with Crippen molar-refractivity contribution in [3.05, 3.63) is 215 Å². The van der Waals surface area contributed by atoms with Gasteiger partial charge in [-0.25, -0.2) is 62.2 Å². The second-order valence-electron chi connectivity index (χ2n) is 27.3. The molecular formula is C77H84F4N28O3. The van der Waals surface area contributed by atoms with Gasteiger partial charge in [-0.05, 0) is 169 Å². The van der Waals surface area contributed by atoms with Crippen molar-refractivity contribution in [1.29, 1.82) is 0 Å². The summed E-state index contributed by atoms with van der Waals surface area (Å²) in [7, 11) is 0. The van der Waals surface area contributed by atoms with Crippen LogP contribution in [-0.4, -0.2) is 145 Å². The Kier molecular flexibility index (Phi) is 24.3. The second kappa shape index (κ2) is 35.9. The first-order valence-corrected chi connectivity index (χ1v) is 37.3. The van der Waals surface area contributed by atoms with Gasteiger partial charge in [0.15, 0.2) is 17.5 Å². The molecule has 8 aromatic heterocycles. The third-order valence-electron chi connectivity index (χ3n) is 19.3. The Balaban J connectivity index is 0.000000124. The molecule has 8 N–H and O–H groups in total. The number of esters is 1. The lowest BCUT2D eigenvalue weighted by Crippen LogP contribution is -2.25. The van der Waals surface area contributed by atoms with Gasteiger partial charge >= 0.3 is 5.97 Å². The van der Waals surface area contributed by atoms with Crippen LogP contribution in [-0.2, 0) is 4.74 Å². The summed E-state index contributed by atoms with van der Waals surface area (Å²) in [4.78, 5) is 72.5. The van der Waals surface area contributed by atoms with Crippen LogP contribution in [0, 0.1) is 23.3 Å². The minimum atomic E-state index is -0.483. The first-order valence-electron chi connectivity index (χ1n) is 37.3. The van der Waals surface area contributed by atoms with E-state index in [2.05, 4.69) is 141 Å². The zero-order chi connectivity index (χ0) is 77.3. The maximum absolute atomic E-state index is 13.3. The fraction of sp³-hybridized carbons (Fsp3) is 0.338. The molecule has 1 saturated carbocycles. The number of ether oxygens (including phenoxy) is 2. The maximum Gasteiger partial charge on any atom is 0.356 e. The Bertz CT molecular complexity index is 5060. The summed E-state index contributed by atoms with van der Waals surface area (Å²) in [5.41, 5.74) is 6.50. The molecule has 4 aliphatic heterocycles. The third kappa shape index (κ3) is 19.3. The summed E-state index contributed by atoms with van der Waals surface area (Å²) in [5.74, 6) is 6.00. The molecule has 4 unspecified atom stereocenters. The number of halogens is 4. The van der Waals surface area contributed by atoms with Crippen molar-refractivity contribution in [2.75, 3.05) is 73.7 Å². The summed E-state index contributed by atoms with van der Waals surface area (Å²) in [6.07, 6.45) is 21.5. The van der Waals surface area contributed by atoms with Gasteiger partial charge in [0.2, 0.25) is 53.5 Å². The lowest BCUT2D eigenvalue weighted by Gasteiger charge is -2.25. The Morgan fingerprint density at radius 1 is 0.464 bits per heavy atom. The minimum Gasteiger partial charge on any atom is -0.474 e. The van der Waals surface area contributed by atoms with Crippen LogP contribution in [0.4, 0.5) is 88.4 Å².